The molecule has 0 aliphatic heterocycles. The van der Waals surface area contributed by atoms with Crippen molar-refractivity contribution in [2.45, 2.75) is 59.3 Å². The van der Waals surface area contributed by atoms with Crippen LogP contribution >= 0.6 is 11.6 Å². The number of hydrogen-bond acceptors (Lipinski definition) is 3. The quantitative estimate of drug-likeness (QED) is 0.823. The van der Waals surface area contributed by atoms with Crippen molar-refractivity contribution in [3.8, 4) is 5.75 Å². The molecule has 0 saturated heterocycles. The first-order valence-electron chi connectivity index (χ1n) is 7.69. The van der Waals surface area contributed by atoms with Crippen molar-refractivity contribution in [1.29, 1.82) is 0 Å². The number of nitrogens with one attached hydrogen (secondary N) is 1. The molecule has 1 N–H and O–H groups in total. The molecule has 0 bridgehead atoms. The molecular weight excluding hydrogens is 286 g/mol. The van der Waals surface area contributed by atoms with Crippen LogP contribution in [0.4, 0.5) is 5.69 Å². The molecule has 0 amide bonds. The molecule has 0 aromatic heterocycles. The molecule has 2 unspecified atom stereocenters. The third kappa shape index (κ3) is 3.64. The summed E-state index contributed by atoms with van der Waals surface area (Å²) in [5, 5.41) is 4.20. The van der Waals surface area contributed by atoms with Gasteiger partial charge in [-0.15, -0.1) is 0 Å². The van der Waals surface area contributed by atoms with Crippen molar-refractivity contribution in [1.82, 2.24) is 0 Å². The highest BCUT2D eigenvalue weighted by Crippen LogP contribution is 2.44. The van der Waals surface area contributed by atoms with Gasteiger partial charge in [-0.3, -0.25) is 0 Å². The zero-order valence-corrected chi connectivity index (χ0v) is 14.3. The molecule has 2 rings (SSSR count). The van der Waals surface area contributed by atoms with Crippen molar-refractivity contribution in [3.05, 3.63) is 23.2 Å². The first kappa shape index (κ1) is 16.4. The highest BCUT2D eigenvalue weighted by Gasteiger charge is 2.48. The number of ether oxygens (including phenoxy) is 2. The largest absolute Gasteiger partial charge is 0.489 e. The second-order valence-corrected chi connectivity index (χ2v) is 6.92. The lowest BCUT2D eigenvalue weighted by Crippen LogP contribution is -2.58. The van der Waals surface area contributed by atoms with E-state index in [-0.39, 0.29) is 11.5 Å². The number of anilines is 1. The fourth-order valence-corrected chi connectivity index (χ4v) is 2.98. The van der Waals surface area contributed by atoms with Gasteiger partial charge in [-0.2, -0.15) is 0 Å². The van der Waals surface area contributed by atoms with Gasteiger partial charge in [-0.1, -0.05) is 25.4 Å². The van der Waals surface area contributed by atoms with Crippen LogP contribution < -0.4 is 10.1 Å². The summed E-state index contributed by atoms with van der Waals surface area (Å²) in [5.74, 6) is 0.734. The number of benzene rings is 1. The number of halogens is 1. The van der Waals surface area contributed by atoms with E-state index < -0.39 is 0 Å². The lowest BCUT2D eigenvalue weighted by molar-refractivity contribution is -0.0975. The molecule has 0 spiro atoms. The van der Waals surface area contributed by atoms with E-state index in [1.807, 2.05) is 39.0 Å². The van der Waals surface area contributed by atoms with Crippen molar-refractivity contribution in [2.75, 3.05) is 11.9 Å². The van der Waals surface area contributed by atoms with Gasteiger partial charge in [-0.25, -0.2) is 0 Å². The summed E-state index contributed by atoms with van der Waals surface area (Å²) in [5.41, 5.74) is 1.17. The Morgan fingerprint density at radius 3 is 2.62 bits per heavy atom. The minimum absolute atomic E-state index is 0.124. The molecule has 0 heterocycles. The summed E-state index contributed by atoms with van der Waals surface area (Å²) < 4.78 is 11.4. The Labute approximate surface area is 133 Å². The maximum absolute atomic E-state index is 6.28. The van der Waals surface area contributed by atoms with Gasteiger partial charge >= 0.3 is 0 Å². The summed E-state index contributed by atoms with van der Waals surface area (Å²) >= 11 is 6.28. The van der Waals surface area contributed by atoms with Crippen LogP contribution in [-0.4, -0.2) is 24.9 Å². The SMILES string of the molecule is CCOC1CC(Nc2ccc(OC(C)C)c(Cl)c2)C1(C)C. The molecule has 1 aromatic rings. The summed E-state index contributed by atoms with van der Waals surface area (Å²) in [6, 6.07) is 6.29. The van der Waals surface area contributed by atoms with Gasteiger partial charge < -0.3 is 14.8 Å². The molecule has 1 aliphatic rings. The highest BCUT2D eigenvalue weighted by molar-refractivity contribution is 6.32. The third-order valence-electron chi connectivity index (χ3n) is 4.18. The molecule has 118 valence electrons. The monoisotopic (exact) mass is 311 g/mol. The normalized spacial score (nSPS) is 23.8. The van der Waals surface area contributed by atoms with Crippen molar-refractivity contribution in [3.63, 3.8) is 0 Å². The lowest BCUT2D eigenvalue weighted by Gasteiger charge is -2.52. The standard InChI is InChI=1S/C17H26ClNO2/c1-6-20-16-10-15(17(16,4)5)19-12-7-8-14(13(18)9-12)21-11(2)3/h7-9,11,15-16,19H,6,10H2,1-5H3. The Kier molecular flexibility index (Phi) is 5.05. The van der Waals surface area contributed by atoms with E-state index in [4.69, 9.17) is 21.1 Å². The van der Waals surface area contributed by atoms with Crippen LogP contribution in [0.1, 0.15) is 41.0 Å². The van der Waals surface area contributed by atoms with Crippen LogP contribution in [0, 0.1) is 5.41 Å². The van der Waals surface area contributed by atoms with E-state index in [0.29, 0.717) is 17.2 Å². The van der Waals surface area contributed by atoms with Gasteiger partial charge in [0.15, 0.2) is 0 Å². The lowest BCUT2D eigenvalue weighted by atomic mass is 9.64. The first-order valence-corrected chi connectivity index (χ1v) is 8.06. The van der Waals surface area contributed by atoms with Crippen LogP contribution in [0.15, 0.2) is 18.2 Å². The summed E-state index contributed by atoms with van der Waals surface area (Å²) in [6.07, 6.45) is 1.49. The minimum atomic E-state index is 0.124. The van der Waals surface area contributed by atoms with Crippen LogP contribution in [-0.2, 0) is 4.74 Å². The minimum Gasteiger partial charge on any atom is -0.489 e. The van der Waals surface area contributed by atoms with Crippen molar-refractivity contribution < 1.29 is 9.47 Å². The smallest absolute Gasteiger partial charge is 0.138 e. The van der Waals surface area contributed by atoms with E-state index in [1.54, 1.807) is 0 Å². The molecule has 1 fully saturated rings. The van der Waals surface area contributed by atoms with Gasteiger partial charge in [-0.05, 0) is 45.4 Å². The second-order valence-electron chi connectivity index (χ2n) is 6.51. The summed E-state index contributed by atoms with van der Waals surface area (Å²) in [7, 11) is 0. The van der Waals surface area contributed by atoms with Gasteiger partial charge in [0.1, 0.15) is 5.75 Å². The average Bonchev–Trinajstić information content (AvgIpc) is 2.40. The first-order chi connectivity index (χ1) is 9.84. The maximum Gasteiger partial charge on any atom is 0.138 e. The predicted molar refractivity (Wildman–Crippen MR) is 88.4 cm³/mol. The highest BCUT2D eigenvalue weighted by atomic mass is 35.5. The van der Waals surface area contributed by atoms with Crippen LogP contribution in [0.3, 0.4) is 0 Å². The van der Waals surface area contributed by atoms with Gasteiger partial charge in [0.05, 0.1) is 17.2 Å². The van der Waals surface area contributed by atoms with E-state index in [0.717, 1.165) is 24.5 Å². The average molecular weight is 312 g/mol. The zero-order valence-electron chi connectivity index (χ0n) is 13.6. The Morgan fingerprint density at radius 2 is 2.10 bits per heavy atom. The van der Waals surface area contributed by atoms with Crippen LogP contribution in [0.25, 0.3) is 0 Å². The zero-order chi connectivity index (χ0) is 15.6. The van der Waals surface area contributed by atoms with Gasteiger partial charge in [0, 0.05) is 23.8 Å². The Hall–Kier alpha value is -0.930. The van der Waals surface area contributed by atoms with Crippen molar-refractivity contribution >= 4 is 17.3 Å². The topological polar surface area (TPSA) is 30.5 Å². The van der Waals surface area contributed by atoms with E-state index >= 15 is 0 Å². The summed E-state index contributed by atoms with van der Waals surface area (Å²) in [4.78, 5) is 0. The van der Waals surface area contributed by atoms with Gasteiger partial charge in [0.2, 0.25) is 0 Å². The van der Waals surface area contributed by atoms with Crippen LogP contribution in [0.5, 0.6) is 5.75 Å². The van der Waals surface area contributed by atoms with E-state index in [9.17, 15) is 0 Å². The van der Waals surface area contributed by atoms with E-state index in [1.165, 1.54) is 0 Å². The fourth-order valence-electron chi connectivity index (χ4n) is 2.76. The molecule has 1 saturated carbocycles. The van der Waals surface area contributed by atoms with E-state index in [2.05, 4.69) is 19.2 Å². The van der Waals surface area contributed by atoms with Gasteiger partial charge in [0.25, 0.3) is 0 Å². The molecular formula is C17H26ClNO2. The van der Waals surface area contributed by atoms with Crippen molar-refractivity contribution in [2.24, 2.45) is 5.41 Å². The molecule has 1 aromatic carbocycles. The molecule has 2 atom stereocenters. The fraction of sp³-hybridized carbons (Fsp3) is 0.647. The summed E-state index contributed by atoms with van der Waals surface area (Å²) in [6.45, 7) is 11.3. The molecule has 3 nitrogen and oxygen atoms in total. The van der Waals surface area contributed by atoms with Crippen LogP contribution in [0.2, 0.25) is 5.02 Å². The Balaban J connectivity index is 2.00. The number of hydrogen-bond donors (Lipinski definition) is 1. The predicted octanol–water partition coefficient (Wildman–Crippen LogP) is 4.74. The molecule has 0 radical (unpaired) electrons. The number of rotatable bonds is 6. The third-order valence-corrected chi connectivity index (χ3v) is 4.48. The molecule has 21 heavy (non-hydrogen) atoms. The Bertz CT molecular complexity index is 488. The Morgan fingerprint density at radius 1 is 1.38 bits per heavy atom. The second kappa shape index (κ2) is 6.45. The molecule has 4 heteroatoms. The molecule has 1 aliphatic carbocycles. The maximum atomic E-state index is 6.28.